The number of rotatable bonds is 3. The Labute approximate surface area is 115 Å². The van der Waals surface area contributed by atoms with Gasteiger partial charge in [-0.15, -0.1) is 12.4 Å². The van der Waals surface area contributed by atoms with Crippen molar-refractivity contribution in [3.8, 4) is 0 Å². The zero-order valence-electron chi connectivity index (χ0n) is 11.3. The summed E-state index contributed by atoms with van der Waals surface area (Å²) in [6.45, 7) is 5.08. The second-order valence-corrected chi connectivity index (χ2v) is 5.01. The molecule has 6 heteroatoms. The first-order chi connectivity index (χ1) is 7.97. The number of nitrogens with two attached hydrogens (primary N) is 1. The second kappa shape index (κ2) is 7.59. The highest BCUT2D eigenvalue weighted by atomic mass is 35.5. The number of nitrogens with zero attached hydrogens (tertiary/aromatic N) is 1. The number of hydrogen-bond acceptors (Lipinski definition) is 3. The van der Waals surface area contributed by atoms with Crippen molar-refractivity contribution >= 4 is 24.2 Å². The number of amides is 2. The van der Waals surface area contributed by atoms with Gasteiger partial charge in [-0.1, -0.05) is 13.8 Å². The third-order valence-corrected chi connectivity index (χ3v) is 3.35. The third-order valence-electron chi connectivity index (χ3n) is 3.35. The van der Waals surface area contributed by atoms with Gasteiger partial charge in [0.15, 0.2) is 0 Å². The Kier molecular flexibility index (Phi) is 7.25. The summed E-state index contributed by atoms with van der Waals surface area (Å²) in [6, 6.07) is -0.460. The normalized spacial score (nSPS) is 21.2. The molecule has 0 aromatic rings. The standard InChI is InChI=1S/C12H23N3O2.ClH/c1-8(2)10(13)12(17)15-6-4-5-9(7-15)11(16)14-3;/h8-10H,4-7,13H2,1-3H3,(H,14,16);1H/t9?,10-;/m1./s1. The minimum atomic E-state index is -0.460. The summed E-state index contributed by atoms with van der Waals surface area (Å²) in [5.74, 6) is 0.0224. The first kappa shape index (κ1) is 17.2. The van der Waals surface area contributed by atoms with Crippen LogP contribution in [0.25, 0.3) is 0 Å². The van der Waals surface area contributed by atoms with E-state index < -0.39 is 6.04 Å². The predicted octanol–water partition coefficient (Wildman–Crippen LogP) is 0.376. The van der Waals surface area contributed by atoms with Crippen LogP contribution in [0, 0.1) is 11.8 Å². The lowest BCUT2D eigenvalue weighted by molar-refractivity contribution is -0.137. The molecule has 1 aliphatic rings. The van der Waals surface area contributed by atoms with E-state index in [4.69, 9.17) is 5.73 Å². The lowest BCUT2D eigenvalue weighted by Crippen LogP contribution is -2.51. The molecule has 0 saturated carbocycles. The smallest absolute Gasteiger partial charge is 0.239 e. The molecule has 1 aliphatic heterocycles. The molecule has 1 rings (SSSR count). The lowest BCUT2D eigenvalue weighted by atomic mass is 9.95. The van der Waals surface area contributed by atoms with Gasteiger partial charge in [-0.3, -0.25) is 9.59 Å². The Morgan fingerprint density at radius 2 is 2.00 bits per heavy atom. The van der Waals surface area contributed by atoms with Gasteiger partial charge in [0, 0.05) is 20.1 Å². The van der Waals surface area contributed by atoms with E-state index in [0.717, 1.165) is 12.8 Å². The molecule has 0 spiro atoms. The summed E-state index contributed by atoms with van der Waals surface area (Å²) < 4.78 is 0. The van der Waals surface area contributed by atoms with Crippen LogP contribution in [-0.2, 0) is 9.59 Å². The summed E-state index contributed by atoms with van der Waals surface area (Å²) in [5, 5.41) is 2.64. The molecule has 3 N–H and O–H groups in total. The Morgan fingerprint density at radius 1 is 1.39 bits per heavy atom. The highest BCUT2D eigenvalue weighted by Gasteiger charge is 2.30. The molecule has 1 heterocycles. The molecule has 1 saturated heterocycles. The average molecular weight is 278 g/mol. The van der Waals surface area contributed by atoms with Gasteiger partial charge in [-0.2, -0.15) is 0 Å². The van der Waals surface area contributed by atoms with E-state index in [9.17, 15) is 9.59 Å². The van der Waals surface area contributed by atoms with E-state index in [-0.39, 0.29) is 36.1 Å². The molecule has 0 bridgehead atoms. The van der Waals surface area contributed by atoms with Gasteiger partial charge in [0.2, 0.25) is 11.8 Å². The van der Waals surface area contributed by atoms with Crippen molar-refractivity contribution in [3.05, 3.63) is 0 Å². The molecule has 5 nitrogen and oxygen atoms in total. The highest BCUT2D eigenvalue weighted by molar-refractivity contribution is 5.85. The van der Waals surface area contributed by atoms with Crippen LogP contribution in [0.1, 0.15) is 26.7 Å². The maximum Gasteiger partial charge on any atom is 0.239 e. The average Bonchev–Trinajstić information content (AvgIpc) is 2.36. The van der Waals surface area contributed by atoms with Gasteiger partial charge >= 0.3 is 0 Å². The summed E-state index contributed by atoms with van der Waals surface area (Å²) in [5.41, 5.74) is 5.85. The van der Waals surface area contributed by atoms with Crippen LogP contribution >= 0.6 is 12.4 Å². The topological polar surface area (TPSA) is 75.4 Å². The zero-order valence-corrected chi connectivity index (χ0v) is 12.1. The van der Waals surface area contributed by atoms with Gasteiger partial charge in [0.25, 0.3) is 0 Å². The molecule has 106 valence electrons. The second-order valence-electron chi connectivity index (χ2n) is 5.01. The molecule has 0 aromatic heterocycles. The van der Waals surface area contributed by atoms with Crippen molar-refractivity contribution < 1.29 is 9.59 Å². The first-order valence-corrected chi connectivity index (χ1v) is 6.23. The van der Waals surface area contributed by atoms with E-state index in [0.29, 0.717) is 13.1 Å². The molecular formula is C12H24ClN3O2. The molecule has 0 radical (unpaired) electrons. The molecule has 1 fully saturated rings. The van der Waals surface area contributed by atoms with Crippen molar-refractivity contribution in [3.63, 3.8) is 0 Å². The minimum absolute atomic E-state index is 0. The highest BCUT2D eigenvalue weighted by Crippen LogP contribution is 2.18. The fourth-order valence-corrected chi connectivity index (χ4v) is 2.09. The van der Waals surface area contributed by atoms with Crippen LogP contribution in [0.5, 0.6) is 0 Å². The van der Waals surface area contributed by atoms with E-state index in [2.05, 4.69) is 5.32 Å². The first-order valence-electron chi connectivity index (χ1n) is 6.23. The van der Waals surface area contributed by atoms with E-state index in [1.165, 1.54) is 0 Å². The van der Waals surface area contributed by atoms with Crippen LogP contribution in [-0.4, -0.2) is 42.9 Å². The van der Waals surface area contributed by atoms with Gasteiger partial charge in [0.05, 0.1) is 12.0 Å². The molecule has 1 unspecified atom stereocenters. The van der Waals surface area contributed by atoms with Crippen LogP contribution in [0.15, 0.2) is 0 Å². The maximum atomic E-state index is 12.1. The Balaban J connectivity index is 0.00000289. The molecular weight excluding hydrogens is 254 g/mol. The molecule has 2 amide bonds. The van der Waals surface area contributed by atoms with Gasteiger partial charge in [0.1, 0.15) is 0 Å². The van der Waals surface area contributed by atoms with E-state index >= 15 is 0 Å². The zero-order chi connectivity index (χ0) is 13.0. The SMILES string of the molecule is CNC(=O)C1CCCN(C(=O)[C@H](N)C(C)C)C1.Cl. The number of carbonyl (C=O) groups is 2. The minimum Gasteiger partial charge on any atom is -0.359 e. The van der Waals surface area contributed by atoms with Gasteiger partial charge in [-0.25, -0.2) is 0 Å². The Morgan fingerprint density at radius 3 is 2.50 bits per heavy atom. The molecule has 0 aliphatic carbocycles. The van der Waals surface area contributed by atoms with Crippen LogP contribution in [0.3, 0.4) is 0 Å². The fourth-order valence-electron chi connectivity index (χ4n) is 2.09. The summed E-state index contributed by atoms with van der Waals surface area (Å²) in [7, 11) is 1.63. The number of nitrogens with one attached hydrogen (secondary N) is 1. The molecule has 0 aromatic carbocycles. The quantitative estimate of drug-likeness (QED) is 0.783. The Hall–Kier alpha value is -0.810. The van der Waals surface area contributed by atoms with Crippen molar-refractivity contribution in [1.29, 1.82) is 0 Å². The van der Waals surface area contributed by atoms with Crippen molar-refractivity contribution in [2.24, 2.45) is 17.6 Å². The van der Waals surface area contributed by atoms with Crippen LogP contribution < -0.4 is 11.1 Å². The van der Waals surface area contributed by atoms with Crippen LogP contribution in [0.4, 0.5) is 0 Å². The summed E-state index contributed by atoms with van der Waals surface area (Å²) >= 11 is 0. The predicted molar refractivity (Wildman–Crippen MR) is 73.4 cm³/mol. The van der Waals surface area contributed by atoms with Crippen molar-refractivity contribution in [1.82, 2.24) is 10.2 Å². The number of halogens is 1. The number of carbonyl (C=O) groups excluding carboxylic acids is 2. The van der Waals surface area contributed by atoms with Crippen molar-refractivity contribution in [2.45, 2.75) is 32.7 Å². The summed E-state index contributed by atoms with van der Waals surface area (Å²) in [6.07, 6.45) is 1.72. The third kappa shape index (κ3) is 4.14. The number of piperidine rings is 1. The Bertz CT molecular complexity index is 297. The molecule has 18 heavy (non-hydrogen) atoms. The maximum absolute atomic E-state index is 12.1. The number of likely N-dealkylation sites (tertiary alicyclic amines) is 1. The van der Waals surface area contributed by atoms with E-state index in [1.54, 1.807) is 11.9 Å². The van der Waals surface area contributed by atoms with Crippen LogP contribution in [0.2, 0.25) is 0 Å². The van der Waals surface area contributed by atoms with Gasteiger partial charge < -0.3 is 16.0 Å². The van der Waals surface area contributed by atoms with E-state index in [1.807, 2.05) is 13.8 Å². The molecule has 2 atom stereocenters. The summed E-state index contributed by atoms with van der Waals surface area (Å²) in [4.78, 5) is 25.4. The lowest BCUT2D eigenvalue weighted by Gasteiger charge is -2.34. The monoisotopic (exact) mass is 277 g/mol. The number of hydrogen-bond donors (Lipinski definition) is 2. The van der Waals surface area contributed by atoms with Crippen molar-refractivity contribution in [2.75, 3.05) is 20.1 Å². The largest absolute Gasteiger partial charge is 0.359 e. The van der Waals surface area contributed by atoms with Gasteiger partial charge in [-0.05, 0) is 18.8 Å². The fraction of sp³-hybridized carbons (Fsp3) is 0.833.